The van der Waals surface area contributed by atoms with Crippen LogP contribution in [-0.4, -0.2) is 66.3 Å². The summed E-state index contributed by atoms with van der Waals surface area (Å²) in [6.45, 7) is 5.59. The van der Waals surface area contributed by atoms with E-state index in [1.165, 1.54) is 18.4 Å². The van der Waals surface area contributed by atoms with Crippen LogP contribution in [0, 0.1) is 17.3 Å². The Hall–Kier alpha value is -1.87. The number of rotatable bonds is 4. The standard InChI is InChI=1S/C24H32N2O3/c27-15-1-3-20-5-7-21(8-6-20)17-25-13-11-24(12-14-25)10-9-23(28)26(19-24)18-22-4-2-16-29-22/h5-8,22,27H,2,4,9-19H2/t22-/m0/s1. The Morgan fingerprint density at radius 3 is 2.66 bits per heavy atom. The van der Waals surface area contributed by atoms with E-state index in [4.69, 9.17) is 9.84 Å². The van der Waals surface area contributed by atoms with Gasteiger partial charge in [-0.3, -0.25) is 9.69 Å². The first-order chi connectivity index (χ1) is 14.2. The van der Waals surface area contributed by atoms with E-state index in [2.05, 4.69) is 33.8 Å². The van der Waals surface area contributed by atoms with Crippen LogP contribution in [0.3, 0.4) is 0 Å². The van der Waals surface area contributed by atoms with Crippen molar-refractivity contribution in [1.29, 1.82) is 0 Å². The molecule has 156 valence electrons. The zero-order chi connectivity index (χ0) is 20.1. The Bertz CT molecular complexity index is 751. The van der Waals surface area contributed by atoms with Gasteiger partial charge >= 0.3 is 0 Å². The first kappa shape index (κ1) is 20.4. The summed E-state index contributed by atoms with van der Waals surface area (Å²) >= 11 is 0. The fraction of sp³-hybridized carbons (Fsp3) is 0.625. The average Bonchev–Trinajstić information content (AvgIpc) is 3.25. The van der Waals surface area contributed by atoms with Crippen molar-refractivity contribution < 1.29 is 14.6 Å². The van der Waals surface area contributed by atoms with E-state index in [0.717, 1.165) is 64.2 Å². The minimum absolute atomic E-state index is 0.103. The number of aliphatic hydroxyl groups excluding tert-OH is 1. The molecule has 1 N–H and O–H groups in total. The van der Waals surface area contributed by atoms with E-state index in [9.17, 15) is 4.79 Å². The SMILES string of the molecule is O=C1CCC2(CCN(Cc3ccc(C#CCO)cc3)CC2)CN1C[C@@H]1CCCO1. The number of hydrogen-bond acceptors (Lipinski definition) is 4. The summed E-state index contributed by atoms with van der Waals surface area (Å²) in [6.07, 6.45) is 6.55. The molecule has 3 fully saturated rings. The second kappa shape index (κ2) is 9.30. The maximum absolute atomic E-state index is 12.4. The monoisotopic (exact) mass is 396 g/mol. The molecule has 29 heavy (non-hydrogen) atoms. The lowest BCUT2D eigenvalue weighted by Crippen LogP contribution is -2.52. The summed E-state index contributed by atoms with van der Waals surface area (Å²) in [6, 6.07) is 8.32. The summed E-state index contributed by atoms with van der Waals surface area (Å²) in [7, 11) is 0. The highest BCUT2D eigenvalue weighted by Crippen LogP contribution is 2.40. The molecule has 1 aromatic carbocycles. The minimum atomic E-state index is -0.103. The van der Waals surface area contributed by atoms with E-state index in [-0.39, 0.29) is 12.7 Å². The van der Waals surface area contributed by atoms with Gasteiger partial charge in [-0.2, -0.15) is 0 Å². The minimum Gasteiger partial charge on any atom is -0.384 e. The van der Waals surface area contributed by atoms with Crippen molar-refractivity contribution >= 4 is 5.91 Å². The number of ether oxygens (including phenoxy) is 1. The predicted molar refractivity (Wildman–Crippen MR) is 112 cm³/mol. The van der Waals surface area contributed by atoms with Crippen LogP contribution in [-0.2, 0) is 16.1 Å². The van der Waals surface area contributed by atoms with Crippen LogP contribution >= 0.6 is 0 Å². The van der Waals surface area contributed by atoms with Crippen LogP contribution in [0.2, 0.25) is 0 Å². The highest BCUT2D eigenvalue weighted by molar-refractivity contribution is 5.77. The molecule has 0 unspecified atom stereocenters. The van der Waals surface area contributed by atoms with Gasteiger partial charge in [0.25, 0.3) is 0 Å². The first-order valence-electron chi connectivity index (χ1n) is 11.0. The largest absolute Gasteiger partial charge is 0.384 e. The Morgan fingerprint density at radius 1 is 1.17 bits per heavy atom. The lowest BCUT2D eigenvalue weighted by molar-refractivity contribution is -0.141. The van der Waals surface area contributed by atoms with Crippen molar-refractivity contribution in [2.45, 2.75) is 51.2 Å². The number of benzene rings is 1. The molecule has 0 radical (unpaired) electrons. The van der Waals surface area contributed by atoms with Gasteiger partial charge in [0.2, 0.25) is 5.91 Å². The maximum Gasteiger partial charge on any atom is 0.222 e. The molecular weight excluding hydrogens is 364 g/mol. The van der Waals surface area contributed by atoms with E-state index in [1.54, 1.807) is 0 Å². The molecule has 1 atom stereocenters. The third-order valence-electron chi connectivity index (χ3n) is 6.78. The van der Waals surface area contributed by atoms with Crippen LogP contribution in [0.1, 0.15) is 49.7 Å². The zero-order valence-corrected chi connectivity index (χ0v) is 17.2. The van der Waals surface area contributed by atoms with Crippen molar-refractivity contribution in [2.75, 3.05) is 39.4 Å². The molecule has 5 nitrogen and oxygen atoms in total. The molecule has 3 heterocycles. The number of carbonyl (C=O) groups excluding carboxylic acids is 1. The number of likely N-dealkylation sites (tertiary alicyclic amines) is 2. The average molecular weight is 397 g/mol. The second-order valence-electron chi connectivity index (χ2n) is 8.84. The summed E-state index contributed by atoms with van der Waals surface area (Å²) in [5, 5.41) is 8.80. The fourth-order valence-corrected chi connectivity index (χ4v) is 4.99. The molecule has 0 aliphatic carbocycles. The number of hydrogen-bond donors (Lipinski definition) is 1. The lowest BCUT2D eigenvalue weighted by atomic mass is 9.72. The van der Waals surface area contributed by atoms with E-state index in [1.807, 2.05) is 12.1 Å². The molecule has 4 rings (SSSR count). The van der Waals surface area contributed by atoms with Gasteiger partial charge in [0.1, 0.15) is 6.61 Å². The number of aliphatic hydroxyl groups is 1. The van der Waals surface area contributed by atoms with Crippen LogP contribution in [0.5, 0.6) is 0 Å². The van der Waals surface area contributed by atoms with Crippen LogP contribution in [0.4, 0.5) is 0 Å². The van der Waals surface area contributed by atoms with Crippen LogP contribution in [0.25, 0.3) is 0 Å². The van der Waals surface area contributed by atoms with Gasteiger partial charge in [0, 0.05) is 38.2 Å². The second-order valence-corrected chi connectivity index (χ2v) is 8.84. The third-order valence-corrected chi connectivity index (χ3v) is 6.78. The van der Waals surface area contributed by atoms with Gasteiger partial charge in [0.05, 0.1) is 6.10 Å². The van der Waals surface area contributed by atoms with Gasteiger partial charge in [-0.05, 0) is 68.3 Å². The van der Waals surface area contributed by atoms with E-state index in [0.29, 0.717) is 17.7 Å². The molecule has 0 saturated carbocycles. The molecule has 3 saturated heterocycles. The molecule has 3 aliphatic rings. The van der Waals surface area contributed by atoms with Crippen molar-refractivity contribution in [3.05, 3.63) is 35.4 Å². The van der Waals surface area contributed by atoms with Gasteiger partial charge in [-0.25, -0.2) is 0 Å². The molecule has 5 heteroatoms. The highest BCUT2D eigenvalue weighted by atomic mass is 16.5. The fourth-order valence-electron chi connectivity index (χ4n) is 4.99. The molecule has 1 spiro atoms. The molecule has 3 aliphatic heterocycles. The Kier molecular flexibility index (Phi) is 6.54. The third kappa shape index (κ3) is 5.19. The summed E-state index contributed by atoms with van der Waals surface area (Å²) in [5.74, 6) is 5.95. The van der Waals surface area contributed by atoms with E-state index >= 15 is 0 Å². The van der Waals surface area contributed by atoms with Crippen LogP contribution in [0.15, 0.2) is 24.3 Å². The van der Waals surface area contributed by atoms with Gasteiger partial charge in [0.15, 0.2) is 0 Å². The van der Waals surface area contributed by atoms with Crippen molar-refractivity contribution in [1.82, 2.24) is 9.80 Å². The highest BCUT2D eigenvalue weighted by Gasteiger charge is 2.41. The number of carbonyl (C=O) groups is 1. The normalized spacial score (nSPS) is 24.5. The Morgan fingerprint density at radius 2 is 1.97 bits per heavy atom. The molecule has 1 amide bonds. The quantitative estimate of drug-likeness (QED) is 0.795. The van der Waals surface area contributed by atoms with Crippen molar-refractivity contribution in [3.63, 3.8) is 0 Å². The molecule has 0 bridgehead atoms. The maximum atomic E-state index is 12.4. The summed E-state index contributed by atoms with van der Waals surface area (Å²) in [5.41, 5.74) is 2.54. The van der Waals surface area contributed by atoms with E-state index < -0.39 is 0 Å². The van der Waals surface area contributed by atoms with Gasteiger partial charge in [-0.15, -0.1) is 0 Å². The summed E-state index contributed by atoms with van der Waals surface area (Å²) < 4.78 is 5.77. The molecular formula is C24H32N2O3. The van der Waals surface area contributed by atoms with Gasteiger partial charge < -0.3 is 14.7 Å². The first-order valence-corrected chi connectivity index (χ1v) is 11.0. The number of nitrogens with zero attached hydrogens (tertiary/aromatic N) is 2. The van der Waals surface area contributed by atoms with Gasteiger partial charge in [-0.1, -0.05) is 24.0 Å². The number of amides is 1. The zero-order valence-electron chi connectivity index (χ0n) is 17.2. The lowest BCUT2D eigenvalue weighted by Gasteiger charge is -2.48. The van der Waals surface area contributed by atoms with Crippen molar-refractivity contribution in [3.8, 4) is 11.8 Å². The Labute approximate surface area is 174 Å². The predicted octanol–water partition coefficient (Wildman–Crippen LogP) is 2.41. The molecule has 1 aromatic rings. The van der Waals surface area contributed by atoms with Crippen molar-refractivity contribution in [2.24, 2.45) is 5.41 Å². The number of piperidine rings is 2. The van der Waals surface area contributed by atoms with Crippen LogP contribution < -0.4 is 0 Å². The smallest absolute Gasteiger partial charge is 0.222 e. The topological polar surface area (TPSA) is 53.0 Å². The summed E-state index contributed by atoms with van der Waals surface area (Å²) in [4.78, 5) is 17.1. The molecule has 0 aromatic heterocycles. The Balaban J connectivity index is 1.29.